The highest BCUT2D eigenvalue weighted by atomic mass is 19.1. The minimum atomic E-state index is -0.729. The smallest absolute Gasteiger partial charge is 0.303 e. The fourth-order valence-electron chi connectivity index (χ4n) is 5.27. The summed E-state index contributed by atoms with van der Waals surface area (Å²) in [6.07, 6.45) is 3.99. The molecule has 3 aromatic rings. The van der Waals surface area contributed by atoms with E-state index in [4.69, 9.17) is 15.6 Å². The Morgan fingerprint density at radius 3 is 2.45 bits per heavy atom. The molecule has 1 fully saturated rings. The largest absolute Gasteiger partial charge is 0.481 e. The molecule has 1 saturated carbocycles. The fourth-order valence-corrected chi connectivity index (χ4v) is 5.27. The number of benzene rings is 2. The molecule has 198 valence electrons. The molecule has 1 aromatic heterocycles. The quantitative estimate of drug-likeness (QED) is 0.478. The van der Waals surface area contributed by atoms with E-state index in [0.29, 0.717) is 18.2 Å². The Morgan fingerprint density at radius 2 is 1.79 bits per heavy atom. The van der Waals surface area contributed by atoms with Gasteiger partial charge in [-0.2, -0.15) is 9.97 Å². The van der Waals surface area contributed by atoms with Crippen molar-refractivity contribution in [2.45, 2.75) is 38.0 Å². The van der Waals surface area contributed by atoms with Crippen LogP contribution in [-0.4, -0.2) is 47.2 Å². The van der Waals surface area contributed by atoms with Crippen molar-refractivity contribution >= 4 is 35.0 Å². The van der Waals surface area contributed by atoms with Gasteiger partial charge in [0.05, 0.1) is 6.54 Å². The van der Waals surface area contributed by atoms with Crippen LogP contribution in [0.1, 0.15) is 53.9 Å². The molecule has 1 aliphatic heterocycles. The molecule has 0 radical (unpaired) electrons. The average Bonchev–Trinajstić information content (AvgIpc) is 3.07. The molecule has 1 aliphatic carbocycles. The maximum Gasteiger partial charge on any atom is 0.303 e. The maximum atomic E-state index is 13.5. The molecule has 2 aromatic carbocycles. The number of nitrogens with two attached hydrogens (primary N) is 1. The number of rotatable bonds is 6. The van der Waals surface area contributed by atoms with Crippen LogP contribution in [-0.2, 0) is 4.79 Å². The monoisotopic (exact) mass is 519 g/mol. The predicted molar refractivity (Wildman–Crippen MR) is 141 cm³/mol. The molecule has 38 heavy (non-hydrogen) atoms. The van der Waals surface area contributed by atoms with Gasteiger partial charge >= 0.3 is 5.97 Å². The van der Waals surface area contributed by atoms with Crippen LogP contribution < -0.4 is 20.3 Å². The van der Waals surface area contributed by atoms with Crippen molar-refractivity contribution in [2.75, 3.05) is 35.7 Å². The molecule has 2 heterocycles. The lowest BCUT2D eigenvalue weighted by molar-refractivity contribution is -0.138. The standard InChI is InChI=1S/C28H30FN5O4/c1-33(21-12-8-20(29)9-13-21)28-31-25(30)24-26(32-28)38-15-14-34(27(24)37)22-10-6-19(7-11-22)18-4-2-17(3-5-18)16-23(35)36/h6-13,17-18H,2-5,14-16H2,1H3,(H,35,36)(H2,30,31,32). The number of carbonyl (C=O) groups is 2. The number of carbonyl (C=O) groups excluding carboxylic acids is 1. The van der Waals surface area contributed by atoms with Gasteiger partial charge in [0.1, 0.15) is 23.8 Å². The molecule has 0 atom stereocenters. The molecule has 0 unspecified atom stereocenters. The van der Waals surface area contributed by atoms with E-state index in [0.717, 1.165) is 31.4 Å². The number of halogens is 1. The molecule has 0 bridgehead atoms. The normalized spacial score (nSPS) is 19.3. The van der Waals surface area contributed by atoms with Gasteiger partial charge in [-0.3, -0.25) is 9.59 Å². The van der Waals surface area contributed by atoms with Gasteiger partial charge in [-0.05, 0) is 79.5 Å². The highest BCUT2D eigenvalue weighted by Crippen LogP contribution is 2.38. The van der Waals surface area contributed by atoms with Crippen molar-refractivity contribution in [2.24, 2.45) is 5.92 Å². The minimum absolute atomic E-state index is 0.00519. The summed E-state index contributed by atoms with van der Waals surface area (Å²) >= 11 is 0. The number of amides is 1. The summed E-state index contributed by atoms with van der Waals surface area (Å²) in [4.78, 5) is 36.6. The van der Waals surface area contributed by atoms with Gasteiger partial charge in [-0.1, -0.05) is 12.1 Å². The lowest BCUT2D eigenvalue weighted by Crippen LogP contribution is -2.32. The van der Waals surface area contributed by atoms with Crippen LogP contribution >= 0.6 is 0 Å². The highest BCUT2D eigenvalue weighted by Gasteiger charge is 2.31. The van der Waals surface area contributed by atoms with Gasteiger partial charge in [0.15, 0.2) is 0 Å². The van der Waals surface area contributed by atoms with Gasteiger partial charge < -0.3 is 25.4 Å². The number of nitrogens with zero attached hydrogens (tertiary/aromatic N) is 4. The second-order valence-electron chi connectivity index (χ2n) is 9.84. The van der Waals surface area contributed by atoms with Crippen LogP contribution in [0.4, 0.5) is 27.5 Å². The summed E-state index contributed by atoms with van der Waals surface area (Å²) in [6.45, 7) is 0.543. The number of nitrogen functional groups attached to an aromatic ring is 1. The maximum absolute atomic E-state index is 13.5. The van der Waals surface area contributed by atoms with Crippen LogP contribution in [0, 0.1) is 11.7 Å². The third-order valence-electron chi connectivity index (χ3n) is 7.40. The van der Waals surface area contributed by atoms with Crippen molar-refractivity contribution in [3.8, 4) is 5.88 Å². The topological polar surface area (TPSA) is 122 Å². The third-order valence-corrected chi connectivity index (χ3v) is 7.40. The number of carboxylic acid groups (broad SMARTS) is 1. The number of aliphatic carboxylic acids is 1. The van der Waals surface area contributed by atoms with Crippen LogP contribution in [0.5, 0.6) is 5.88 Å². The number of ether oxygens (including phenoxy) is 1. The highest BCUT2D eigenvalue weighted by molar-refractivity contribution is 6.10. The number of hydrogen-bond acceptors (Lipinski definition) is 7. The number of aromatic nitrogens is 2. The van der Waals surface area contributed by atoms with Crippen molar-refractivity contribution < 1.29 is 23.8 Å². The van der Waals surface area contributed by atoms with Gasteiger partial charge in [-0.25, -0.2) is 4.39 Å². The molecule has 9 nitrogen and oxygen atoms in total. The first-order valence-electron chi connectivity index (χ1n) is 12.7. The van der Waals surface area contributed by atoms with E-state index in [1.807, 2.05) is 24.3 Å². The average molecular weight is 520 g/mol. The minimum Gasteiger partial charge on any atom is -0.481 e. The molecular formula is C28H30FN5O4. The Morgan fingerprint density at radius 1 is 1.11 bits per heavy atom. The Balaban J connectivity index is 1.33. The van der Waals surface area contributed by atoms with E-state index in [-0.39, 0.29) is 53.9 Å². The molecule has 0 saturated heterocycles. The van der Waals surface area contributed by atoms with Crippen molar-refractivity contribution in [3.05, 3.63) is 65.5 Å². The zero-order chi connectivity index (χ0) is 26.8. The van der Waals surface area contributed by atoms with E-state index in [1.165, 1.54) is 17.7 Å². The van der Waals surface area contributed by atoms with Gasteiger partial charge in [0, 0.05) is 24.8 Å². The molecule has 2 aliphatic rings. The van der Waals surface area contributed by atoms with Crippen molar-refractivity contribution in [1.29, 1.82) is 0 Å². The Hall–Kier alpha value is -4.21. The number of hydrogen-bond donors (Lipinski definition) is 2. The van der Waals surface area contributed by atoms with Crippen LogP contribution in [0.15, 0.2) is 48.5 Å². The molecule has 3 N–H and O–H groups in total. The zero-order valence-electron chi connectivity index (χ0n) is 21.1. The van der Waals surface area contributed by atoms with E-state index in [1.54, 1.807) is 29.0 Å². The molecule has 0 spiro atoms. The SMILES string of the molecule is CN(c1ccc(F)cc1)c1nc(N)c2c(n1)OCCN(c1ccc(C3CCC(CC(=O)O)CC3)cc1)C2=O. The van der Waals surface area contributed by atoms with Crippen molar-refractivity contribution in [3.63, 3.8) is 0 Å². The van der Waals surface area contributed by atoms with Crippen molar-refractivity contribution in [1.82, 2.24) is 9.97 Å². The van der Waals surface area contributed by atoms with Crippen LogP contribution in [0.25, 0.3) is 0 Å². The molecule has 5 rings (SSSR count). The Labute approximate surface area is 220 Å². The summed E-state index contributed by atoms with van der Waals surface area (Å²) in [5.74, 6) is -0.430. The summed E-state index contributed by atoms with van der Waals surface area (Å²) in [5, 5.41) is 9.05. The Kier molecular flexibility index (Phi) is 7.13. The van der Waals surface area contributed by atoms with Gasteiger partial charge in [0.2, 0.25) is 11.8 Å². The number of carboxylic acids is 1. The summed E-state index contributed by atoms with van der Waals surface area (Å²) in [5.41, 5.74) is 8.93. The summed E-state index contributed by atoms with van der Waals surface area (Å²) in [7, 11) is 1.72. The van der Waals surface area contributed by atoms with Crippen LogP contribution in [0.2, 0.25) is 0 Å². The van der Waals surface area contributed by atoms with Gasteiger partial charge in [-0.15, -0.1) is 0 Å². The van der Waals surface area contributed by atoms with E-state index in [9.17, 15) is 14.0 Å². The number of anilines is 4. The fraction of sp³-hybridized carbons (Fsp3) is 0.357. The number of fused-ring (bicyclic) bond motifs is 1. The predicted octanol–water partition coefficient (Wildman–Crippen LogP) is 4.75. The first-order chi connectivity index (χ1) is 18.3. The third kappa shape index (κ3) is 5.25. The first kappa shape index (κ1) is 25.4. The second-order valence-corrected chi connectivity index (χ2v) is 9.84. The first-order valence-corrected chi connectivity index (χ1v) is 12.7. The molecule has 10 heteroatoms. The van der Waals surface area contributed by atoms with E-state index in [2.05, 4.69) is 9.97 Å². The van der Waals surface area contributed by atoms with E-state index >= 15 is 0 Å². The molecular weight excluding hydrogens is 489 g/mol. The zero-order valence-corrected chi connectivity index (χ0v) is 21.1. The lowest BCUT2D eigenvalue weighted by Gasteiger charge is -2.28. The lowest BCUT2D eigenvalue weighted by atomic mass is 9.77. The molecule has 1 amide bonds. The van der Waals surface area contributed by atoms with E-state index < -0.39 is 5.97 Å². The summed E-state index contributed by atoms with van der Waals surface area (Å²) < 4.78 is 19.2. The van der Waals surface area contributed by atoms with Crippen LogP contribution in [0.3, 0.4) is 0 Å². The second kappa shape index (κ2) is 10.6. The summed E-state index contributed by atoms with van der Waals surface area (Å²) in [6, 6.07) is 13.8. The Bertz CT molecular complexity index is 1320. The van der Waals surface area contributed by atoms with Gasteiger partial charge in [0.25, 0.3) is 5.91 Å².